The number of nitrogens with zero attached hydrogens (tertiary/aromatic N) is 1. The third kappa shape index (κ3) is 2.77. The van der Waals surface area contributed by atoms with Crippen LogP contribution in [0.3, 0.4) is 0 Å². The fourth-order valence-electron chi connectivity index (χ4n) is 2.42. The van der Waals surface area contributed by atoms with Gasteiger partial charge in [0, 0.05) is 29.7 Å². The Morgan fingerprint density at radius 1 is 1.25 bits per heavy atom. The maximum absolute atomic E-state index is 12.6. The molecular formula is C17H12Cl2N2O3. The highest BCUT2D eigenvalue weighted by molar-refractivity contribution is 6.43. The van der Waals surface area contributed by atoms with Crippen LogP contribution in [-0.4, -0.2) is 22.5 Å². The number of hydrogen-bond acceptors (Lipinski definition) is 4. The van der Waals surface area contributed by atoms with E-state index in [0.717, 1.165) is 0 Å². The van der Waals surface area contributed by atoms with Crippen LogP contribution in [0.5, 0.6) is 0 Å². The van der Waals surface area contributed by atoms with E-state index in [-0.39, 0.29) is 17.6 Å². The van der Waals surface area contributed by atoms with Crippen molar-refractivity contribution in [3.05, 3.63) is 62.6 Å². The molecule has 0 spiro atoms. The average molecular weight is 363 g/mol. The number of esters is 1. The van der Waals surface area contributed by atoms with E-state index in [4.69, 9.17) is 27.9 Å². The SMILES string of the molecule is CCOC(=O)c1c[nH]c2c(-c3cccc(Cl)c3Cl)cncc2c1=O. The Bertz CT molecular complexity index is 999. The van der Waals surface area contributed by atoms with Crippen molar-refractivity contribution in [2.45, 2.75) is 6.92 Å². The molecule has 3 aromatic rings. The van der Waals surface area contributed by atoms with Crippen molar-refractivity contribution in [1.82, 2.24) is 9.97 Å². The van der Waals surface area contributed by atoms with Crippen molar-refractivity contribution in [2.24, 2.45) is 0 Å². The molecule has 0 aliphatic heterocycles. The van der Waals surface area contributed by atoms with Gasteiger partial charge in [0.2, 0.25) is 5.43 Å². The first-order valence-corrected chi connectivity index (χ1v) is 7.91. The largest absolute Gasteiger partial charge is 0.462 e. The van der Waals surface area contributed by atoms with Gasteiger partial charge in [-0.1, -0.05) is 35.3 Å². The van der Waals surface area contributed by atoms with Crippen LogP contribution >= 0.6 is 23.2 Å². The molecule has 0 bridgehead atoms. The number of ether oxygens (including phenoxy) is 1. The smallest absolute Gasteiger partial charge is 0.343 e. The van der Waals surface area contributed by atoms with Gasteiger partial charge in [0.25, 0.3) is 0 Å². The Kier molecular flexibility index (Phi) is 4.55. The number of rotatable bonds is 3. The quantitative estimate of drug-likeness (QED) is 0.712. The van der Waals surface area contributed by atoms with Crippen LogP contribution in [0.4, 0.5) is 0 Å². The average Bonchev–Trinajstić information content (AvgIpc) is 2.58. The monoisotopic (exact) mass is 362 g/mol. The fraction of sp³-hybridized carbons (Fsp3) is 0.118. The topological polar surface area (TPSA) is 72.1 Å². The van der Waals surface area contributed by atoms with Crippen molar-refractivity contribution >= 4 is 40.1 Å². The zero-order valence-electron chi connectivity index (χ0n) is 12.6. The van der Waals surface area contributed by atoms with Gasteiger partial charge in [-0.3, -0.25) is 9.78 Å². The minimum Gasteiger partial charge on any atom is -0.462 e. The molecule has 0 unspecified atom stereocenters. The van der Waals surface area contributed by atoms with E-state index in [1.54, 1.807) is 31.3 Å². The third-order valence-corrected chi connectivity index (χ3v) is 4.35. The molecule has 5 nitrogen and oxygen atoms in total. The fourth-order valence-corrected chi connectivity index (χ4v) is 2.82. The van der Waals surface area contributed by atoms with E-state index in [9.17, 15) is 9.59 Å². The van der Waals surface area contributed by atoms with Gasteiger partial charge in [0.1, 0.15) is 5.56 Å². The first-order chi connectivity index (χ1) is 11.5. The summed E-state index contributed by atoms with van der Waals surface area (Å²) >= 11 is 12.3. The molecule has 1 N–H and O–H groups in total. The van der Waals surface area contributed by atoms with Crippen LogP contribution in [-0.2, 0) is 4.74 Å². The third-order valence-electron chi connectivity index (χ3n) is 3.53. The van der Waals surface area contributed by atoms with E-state index in [1.165, 1.54) is 12.4 Å². The van der Waals surface area contributed by atoms with Gasteiger partial charge >= 0.3 is 5.97 Å². The summed E-state index contributed by atoms with van der Waals surface area (Å²) in [6.45, 7) is 1.86. The maximum atomic E-state index is 12.6. The zero-order valence-corrected chi connectivity index (χ0v) is 14.1. The summed E-state index contributed by atoms with van der Waals surface area (Å²) in [7, 11) is 0. The molecule has 0 aliphatic carbocycles. The molecule has 0 radical (unpaired) electrons. The van der Waals surface area contributed by atoms with Gasteiger partial charge < -0.3 is 9.72 Å². The number of pyridine rings is 2. The number of carbonyl (C=O) groups excluding carboxylic acids is 1. The first kappa shape index (κ1) is 16.5. The predicted molar refractivity (Wildman–Crippen MR) is 93.8 cm³/mol. The molecule has 0 saturated carbocycles. The van der Waals surface area contributed by atoms with E-state index >= 15 is 0 Å². The van der Waals surface area contributed by atoms with Crippen LogP contribution in [0.15, 0.2) is 41.6 Å². The van der Waals surface area contributed by atoms with E-state index in [1.807, 2.05) is 0 Å². The van der Waals surface area contributed by atoms with Crippen molar-refractivity contribution in [2.75, 3.05) is 6.61 Å². The number of aromatic amines is 1. The van der Waals surface area contributed by atoms with Crippen LogP contribution in [0.1, 0.15) is 17.3 Å². The van der Waals surface area contributed by atoms with Gasteiger partial charge in [-0.25, -0.2) is 4.79 Å². The summed E-state index contributed by atoms with van der Waals surface area (Å²) in [6, 6.07) is 5.21. The number of H-pyrrole nitrogens is 1. The first-order valence-electron chi connectivity index (χ1n) is 7.15. The van der Waals surface area contributed by atoms with E-state index < -0.39 is 11.4 Å². The van der Waals surface area contributed by atoms with E-state index in [2.05, 4.69) is 9.97 Å². The second-order valence-electron chi connectivity index (χ2n) is 4.96. The number of carbonyl (C=O) groups is 1. The standard InChI is InChI=1S/C17H12Cl2N2O3/c1-2-24-17(23)12-8-21-15-10(6-20-7-11(15)16(12)22)9-4-3-5-13(18)14(9)19/h3-8H,2H2,1H3,(H,21,22). The number of nitrogens with one attached hydrogen (secondary N) is 1. The Morgan fingerprint density at radius 2 is 2.04 bits per heavy atom. The summed E-state index contributed by atoms with van der Waals surface area (Å²) in [5.74, 6) is -0.674. The van der Waals surface area contributed by atoms with Crippen molar-refractivity contribution in [3.8, 4) is 11.1 Å². The van der Waals surface area contributed by atoms with Crippen LogP contribution in [0, 0.1) is 0 Å². The molecule has 0 saturated heterocycles. The molecule has 1 aromatic carbocycles. The molecule has 2 heterocycles. The molecule has 0 aliphatic rings. The second-order valence-corrected chi connectivity index (χ2v) is 5.75. The minimum atomic E-state index is -0.674. The number of fused-ring (bicyclic) bond motifs is 1. The zero-order chi connectivity index (χ0) is 17.3. The second kappa shape index (κ2) is 6.63. The van der Waals surface area contributed by atoms with Crippen LogP contribution in [0.2, 0.25) is 10.0 Å². The van der Waals surface area contributed by atoms with Gasteiger partial charge in [-0.05, 0) is 13.0 Å². The van der Waals surface area contributed by atoms with Crippen molar-refractivity contribution in [1.29, 1.82) is 0 Å². The lowest BCUT2D eigenvalue weighted by Crippen LogP contribution is -2.18. The lowest BCUT2D eigenvalue weighted by Gasteiger charge is -2.10. The molecule has 2 aromatic heterocycles. The number of aromatic nitrogens is 2. The summed E-state index contributed by atoms with van der Waals surface area (Å²) in [6.07, 6.45) is 4.32. The highest BCUT2D eigenvalue weighted by Gasteiger charge is 2.17. The molecule has 7 heteroatoms. The number of halogens is 2. The highest BCUT2D eigenvalue weighted by Crippen LogP contribution is 2.35. The Labute approximate surface area is 147 Å². The molecule has 3 rings (SSSR count). The number of benzene rings is 1. The Morgan fingerprint density at radius 3 is 2.79 bits per heavy atom. The molecule has 0 amide bonds. The Hall–Kier alpha value is -2.37. The molecule has 0 atom stereocenters. The summed E-state index contributed by atoms with van der Waals surface area (Å²) in [5, 5.41) is 1.04. The molecule has 24 heavy (non-hydrogen) atoms. The summed E-state index contributed by atoms with van der Waals surface area (Å²) < 4.78 is 4.89. The van der Waals surface area contributed by atoms with Crippen LogP contribution in [0.25, 0.3) is 22.0 Å². The lowest BCUT2D eigenvalue weighted by atomic mass is 10.0. The minimum absolute atomic E-state index is 0.0690. The van der Waals surface area contributed by atoms with Gasteiger partial charge in [-0.2, -0.15) is 0 Å². The molecular weight excluding hydrogens is 351 g/mol. The highest BCUT2D eigenvalue weighted by atomic mass is 35.5. The van der Waals surface area contributed by atoms with Crippen molar-refractivity contribution < 1.29 is 9.53 Å². The van der Waals surface area contributed by atoms with Gasteiger partial charge in [0.05, 0.1) is 27.6 Å². The van der Waals surface area contributed by atoms with E-state index in [0.29, 0.717) is 26.7 Å². The normalized spacial score (nSPS) is 10.8. The Balaban J connectivity index is 2.26. The van der Waals surface area contributed by atoms with Gasteiger partial charge in [0.15, 0.2) is 0 Å². The molecule has 0 fully saturated rings. The summed E-state index contributed by atoms with van der Waals surface area (Å²) in [4.78, 5) is 31.5. The maximum Gasteiger partial charge on any atom is 0.343 e. The summed E-state index contributed by atoms with van der Waals surface area (Å²) in [5.41, 5.74) is 1.26. The predicted octanol–water partition coefficient (Wildman–Crippen LogP) is 4.07. The molecule has 122 valence electrons. The van der Waals surface area contributed by atoms with Crippen LogP contribution < -0.4 is 5.43 Å². The number of hydrogen-bond donors (Lipinski definition) is 1. The van der Waals surface area contributed by atoms with Gasteiger partial charge in [-0.15, -0.1) is 0 Å². The lowest BCUT2D eigenvalue weighted by molar-refractivity contribution is 0.0524. The van der Waals surface area contributed by atoms with Crippen molar-refractivity contribution in [3.63, 3.8) is 0 Å².